The molecule has 0 radical (unpaired) electrons. The van der Waals surface area contributed by atoms with Crippen molar-refractivity contribution >= 4 is 17.5 Å². The number of hydrazone groups is 1. The van der Waals surface area contributed by atoms with Crippen molar-refractivity contribution in [3.8, 4) is 11.5 Å². The van der Waals surface area contributed by atoms with Gasteiger partial charge in [-0.1, -0.05) is 0 Å². The number of carbonyl (C=O) groups excluding carboxylic acids is 2. The van der Waals surface area contributed by atoms with Crippen LogP contribution in [0.2, 0.25) is 0 Å². The summed E-state index contributed by atoms with van der Waals surface area (Å²) in [7, 11) is 3.02. The zero-order chi connectivity index (χ0) is 18.9. The Hall–Kier alpha value is -2.61. The van der Waals surface area contributed by atoms with E-state index in [-0.39, 0.29) is 18.4 Å². The number of nitrogens with one attached hydrogen (secondary N) is 2. The predicted octanol–water partition coefficient (Wildman–Crippen LogP) is 1.49. The van der Waals surface area contributed by atoms with E-state index < -0.39 is 5.91 Å². The quantitative estimate of drug-likeness (QED) is 0.539. The van der Waals surface area contributed by atoms with E-state index in [4.69, 9.17) is 14.2 Å². The molecule has 26 heavy (non-hydrogen) atoms. The molecule has 1 aliphatic heterocycles. The summed E-state index contributed by atoms with van der Waals surface area (Å²) < 4.78 is 15.7. The molecule has 1 saturated heterocycles. The number of benzene rings is 1. The van der Waals surface area contributed by atoms with Gasteiger partial charge in [-0.2, -0.15) is 5.10 Å². The lowest BCUT2D eigenvalue weighted by molar-refractivity contribution is -0.120. The first-order valence-electron chi connectivity index (χ1n) is 8.46. The number of methoxy groups -OCH3 is 2. The second kappa shape index (κ2) is 9.76. The normalized spacial score (nSPS) is 16.9. The molecule has 8 nitrogen and oxygen atoms in total. The summed E-state index contributed by atoms with van der Waals surface area (Å²) in [4.78, 5) is 24.1. The van der Waals surface area contributed by atoms with Crippen LogP contribution >= 0.6 is 0 Å². The lowest BCUT2D eigenvalue weighted by Crippen LogP contribution is -2.33. The van der Waals surface area contributed by atoms with Gasteiger partial charge in [-0.25, -0.2) is 5.43 Å². The van der Waals surface area contributed by atoms with Gasteiger partial charge in [-0.15, -0.1) is 0 Å². The number of ether oxygens (including phenoxy) is 3. The number of amides is 2. The van der Waals surface area contributed by atoms with Crippen molar-refractivity contribution in [2.24, 2.45) is 5.10 Å². The smallest absolute Gasteiger partial charge is 0.271 e. The Bertz CT molecular complexity index is 647. The lowest BCUT2D eigenvalue weighted by Gasteiger charge is -2.10. The van der Waals surface area contributed by atoms with Crippen molar-refractivity contribution in [3.63, 3.8) is 0 Å². The van der Waals surface area contributed by atoms with Gasteiger partial charge in [-0.3, -0.25) is 9.59 Å². The van der Waals surface area contributed by atoms with Crippen LogP contribution in [0.5, 0.6) is 11.5 Å². The van der Waals surface area contributed by atoms with Crippen LogP contribution in [-0.4, -0.2) is 51.0 Å². The molecule has 2 amide bonds. The maximum Gasteiger partial charge on any atom is 0.271 e. The van der Waals surface area contributed by atoms with Gasteiger partial charge in [0.05, 0.1) is 26.7 Å². The SMILES string of the molecule is COc1cc(OC)cc(C(=O)N/N=C(/C)CC(=O)NC[C@H]2CCCO2)c1. The first-order chi connectivity index (χ1) is 12.5. The van der Waals surface area contributed by atoms with E-state index in [2.05, 4.69) is 15.8 Å². The van der Waals surface area contributed by atoms with Crippen LogP contribution in [0.15, 0.2) is 23.3 Å². The van der Waals surface area contributed by atoms with E-state index >= 15 is 0 Å². The first kappa shape index (κ1) is 19.7. The van der Waals surface area contributed by atoms with Gasteiger partial charge in [0.1, 0.15) is 11.5 Å². The molecule has 1 heterocycles. The van der Waals surface area contributed by atoms with Gasteiger partial charge in [0.2, 0.25) is 5.91 Å². The number of rotatable bonds is 8. The van der Waals surface area contributed by atoms with Gasteiger partial charge in [0.15, 0.2) is 0 Å². The third-order valence-corrected chi connectivity index (χ3v) is 3.93. The second-order valence-electron chi connectivity index (χ2n) is 6.01. The van der Waals surface area contributed by atoms with Gasteiger partial charge < -0.3 is 19.5 Å². The maximum absolute atomic E-state index is 12.2. The summed E-state index contributed by atoms with van der Waals surface area (Å²) in [6.07, 6.45) is 2.20. The fraction of sp³-hybridized carbons (Fsp3) is 0.500. The zero-order valence-electron chi connectivity index (χ0n) is 15.3. The Morgan fingerprint density at radius 2 is 1.92 bits per heavy atom. The van der Waals surface area contributed by atoms with Crippen LogP contribution in [0.3, 0.4) is 0 Å². The van der Waals surface area contributed by atoms with Crippen LogP contribution in [0.1, 0.15) is 36.5 Å². The summed E-state index contributed by atoms with van der Waals surface area (Å²) in [6, 6.07) is 4.83. The highest BCUT2D eigenvalue weighted by Gasteiger charge is 2.16. The van der Waals surface area contributed by atoms with Crippen molar-refractivity contribution in [2.45, 2.75) is 32.3 Å². The molecule has 1 atom stereocenters. The zero-order valence-corrected chi connectivity index (χ0v) is 15.3. The molecule has 2 rings (SSSR count). The average molecular weight is 363 g/mol. The molecule has 142 valence electrons. The second-order valence-corrected chi connectivity index (χ2v) is 6.01. The molecule has 0 unspecified atom stereocenters. The van der Waals surface area contributed by atoms with Gasteiger partial charge in [-0.05, 0) is 31.9 Å². The topological polar surface area (TPSA) is 98.3 Å². The minimum atomic E-state index is -0.415. The highest BCUT2D eigenvalue weighted by atomic mass is 16.5. The van der Waals surface area contributed by atoms with E-state index in [9.17, 15) is 9.59 Å². The molecule has 1 aromatic rings. The minimum Gasteiger partial charge on any atom is -0.497 e. The molecule has 1 aromatic carbocycles. The lowest BCUT2D eigenvalue weighted by atomic mass is 10.2. The van der Waals surface area contributed by atoms with Crippen LogP contribution < -0.4 is 20.2 Å². The number of nitrogens with zero attached hydrogens (tertiary/aromatic N) is 1. The highest BCUT2D eigenvalue weighted by Crippen LogP contribution is 2.22. The standard InChI is InChI=1S/C18H25N3O5/c1-12(7-17(22)19-11-14-5-4-6-26-14)20-21-18(23)13-8-15(24-2)10-16(9-13)25-3/h8-10,14H,4-7,11H2,1-3H3,(H,19,22)(H,21,23)/b20-12-/t14-/m1/s1. The van der Waals surface area contributed by atoms with E-state index in [1.54, 1.807) is 25.1 Å². The summed E-state index contributed by atoms with van der Waals surface area (Å²) >= 11 is 0. The molecule has 0 aromatic heterocycles. The van der Waals surface area contributed by atoms with Crippen LogP contribution in [0.25, 0.3) is 0 Å². The highest BCUT2D eigenvalue weighted by molar-refractivity contribution is 6.01. The monoisotopic (exact) mass is 363 g/mol. The number of carbonyl (C=O) groups is 2. The Kier molecular flexibility index (Phi) is 7.40. The molecule has 1 fully saturated rings. The van der Waals surface area contributed by atoms with Crippen molar-refractivity contribution < 1.29 is 23.8 Å². The van der Waals surface area contributed by atoms with Crippen molar-refractivity contribution in [1.82, 2.24) is 10.7 Å². The van der Waals surface area contributed by atoms with Gasteiger partial charge in [0, 0.05) is 30.5 Å². The van der Waals surface area contributed by atoms with Gasteiger partial charge >= 0.3 is 0 Å². The summed E-state index contributed by atoms with van der Waals surface area (Å²) in [5, 5.41) is 6.79. The Labute approximate surface area is 152 Å². The first-order valence-corrected chi connectivity index (χ1v) is 8.46. The van der Waals surface area contributed by atoms with Crippen LogP contribution in [0.4, 0.5) is 0 Å². The number of hydrogen-bond donors (Lipinski definition) is 2. The summed E-state index contributed by atoms with van der Waals surface area (Å²) in [5.74, 6) is 0.438. The number of hydrogen-bond acceptors (Lipinski definition) is 6. The molecule has 0 saturated carbocycles. The third kappa shape index (κ3) is 6.03. The molecule has 0 bridgehead atoms. The molecule has 2 N–H and O–H groups in total. The fourth-order valence-electron chi connectivity index (χ4n) is 2.52. The third-order valence-electron chi connectivity index (χ3n) is 3.93. The van der Waals surface area contributed by atoms with Crippen molar-refractivity contribution in [1.29, 1.82) is 0 Å². The fourth-order valence-corrected chi connectivity index (χ4v) is 2.52. The summed E-state index contributed by atoms with van der Waals surface area (Å²) in [5.41, 5.74) is 3.28. The van der Waals surface area contributed by atoms with E-state index in [0.29, 0.717) is 29.3 Å². The van der Waals surface area contributed by atoms with E-state index in [1.807, 2.05) is 0 Å². The summed E-state index contributed by atoms with van der Waals surface area (Å²) in [6.45, 7) is 2.93. The molecule has 0 spiro atoms. The molecule has 1 aliphatic rings. The molecular formula is C18H25N3O5. The van der Waals surface area contributed by atoms with Crippen LogP contribution in [-0.2, 0) is 9.53 Å². The van der Waals surface area contributed by atoms with E-state index in [1.165, 1.54) is 14.2 Å². The van der Waals surface area contributed by atoms with Crippen molar-refractivity contribution in [2.75, 3.05) is 27.4 Å². The van der Waals surface area contributed by atoms with Gasteiger partial charge in [0.25, 0.3) is 5.91 Å². The van der Waals surface area contributed by atoms with E-state index in [0.717, 1.165) is 19.4 Å². The Morgan fingerprint density at radius 3 is 2.50 bits per heavy atom. The molecular weight excluding hydrogens is 338 g/mol. The maximum atomic E-state index is 12.2. The molecule has 0 aliphatic carbocycles. The minimum absolute atomic E-state index is 0.0962. The van der Waals surface area contributed by atoms with Crippen LogP contribution in [0, 0.1) is 0 Å². The van der Waals surface area contributed by atoms with Crippen molar-refractivity contribution in [3.05, 3.63) is 23.8 Å². The molecule has 8 heteroatoms. The Morgan fingerprint density at radius 1 is 1.23 bits per heavy atom. The average Bonchev–Trinajstić information content (AvgIpc) is 3.17. The Balaban J connectivity index is 1.85. The largest absolute Gasteiger partial charge is 0.497 e. The predicted molar refractivity (Wildman–Crippen MR) is 96.7 cm³/mol.